The van der Waals surface area contributed by atoms with E-state index in [0.29, 0.717) is 0 Å². The van der Waals surface area contributed by atoms with E-state index in [9.17, 15) is 4.79 Å². The Bertz CT molecular complexity index is 465. The molecule has 5 heteroatoms. The first-order valence-electron chi connectivity index (χ1n) is 6.90. The molecule has 0 bridgehead atoms. The van der Waals surface area contributed by atoms with Crippen LogP contribution in [0.4, 0.5) is 0 Å². The van der Waals surface area contributed by atoms with Crippen LogP contribution in [0, 0.1) is 0 Å². The van der Waals surface area contributed by atoms with Crippen LogP contribution in [0.5, 0.6) is 0 Å². The standard InChI is InChI=1S/C15H21N3OS/c1-12(20-14-6-4-3-5-7-14)15(19)17-16-13-8-10-18(2)11-9-13/h3-7,12H,8-11H2,1-2H3,(H,17,19)/t12-/m0/s1. The molecular formula is C15H21N3OS. The quantitative estimate of drug-likeness (QED) is 0.684. The van der Waals surface area contributed by atoms with Crippen molar-refractivity contribution in [1.29, 1.82) is 0 Å². The average molecular weight is 291 g/mol. The summed E-state index contributed by atoms with van der Waals surface area (Å²) in [5.74, 6) is -0.0368. The third-order valence-corrected chi connectivity index (χ3v) is 4.43. The monoisotopic (exact) mass is 291 g/mol. The Kier molecular flexibility index (Phi) is 5.61. The van der Waals surface area contributed by atoms with Crippen molar-refractivity contribution in [2.45, 2.75) is 29.9 Å². The van der Waals surface area contributed by atoms with E-state index in [1.54, 1.807) is 11.8 Å². The number of likely N-dealkylation sites (tertiary alicyclic amines) is 1. The maximum absolute atomic E-state index is 12.0. The molecule has 1 N–H and O–H groups in total. The Hall–Kier alpha value is -1.33. The molecule has 0 radical (unpaired) electrons. The smallest absolute Gasteiger partial charge is 0.253 e. The van der Waals surface area contributed by atoms with E-state index < -0.39 is 0 Å². The topological polar surface area (TPSA) is 44.7 Å². The fraction of sp³-hybridized carbons (Fsp3) is 0.467. The molecule has 0 saturated carbocycles. The zero-order valence-corrected chi connectivity index (χ0v) is 12.8. The van der Waals surface area contributed by atoms with E-state index in [1.165, 1.54) is 0 Å². The maximum Gasteiger partial charge on any atom is 0.253 e. The molecule has 1 saturated heterocycles. The van der Waals surface area contributed by atoms with Gasteiger partial charge in [-0.1, -0.05) is 18.2 Å². The SMILES string of the molecule is C[C@H](Sc1ccccc1)C(=O)NN=C1CCN(C)CC1. The molecule has 0 spiro atoms. The van der Waals surface area contributed by atoms with Gasteiger partial charge in [0.2, 0.25) is 0 Å². The highest BCUT2D eigenvalue weighted by Gasteiger charge is 2.15. The second kappa shape index (κ2) is 7.45. The number of carbonyl (C=O) groups is 1. The number of nitrogens with one attached hydrogen (secondary N) is 1. The summed E-state index contributed by atoms with van der Waals surface area (Å²) in [7, 11) is 2.11. The van der Waals surface area contributed by atoms with Crippen LogP contribution in [0.1, 0.15) is 19.8 Å². The lowest BCUT2D eigenvalue weighted by atomic mass is 10.1. The molecule has 1 amide bonds. The lowest BCUT2D eigenvalue weighted by molar-refractivity contribution is -0.120. The van der Waals surface area contributed by atoms with E-state index in [4.69, 9.17) is 0 Å². The lowest BCUT2D eigenvalue weighted by Crippen LogP contribution is -2.33. The molecule has 1 aliphatic rings. The van der Waals surface area contributed by atoms with Crippen molar-refractivity contribution < 1.29 is 4.79 Å². The van der Waals surface area contributed by atoms with Gasteiger partial charge in [0.15, 0.2) is 0 Å². The summed E-state index contributed by atoms with van der Waals surface area (Å²) in [6, 6.07) is 9.95. The van der Waals surface area contributed by atoms with Crippen LogP contribution in [0.15, 0.2) is 40.3 Å². The largest absolute Gasteiger partial charge is 0.306 e. The van der Waals surface area contributed by atoms with Crippen molar-refractivity contribution >= 4 is 23.4 Å². The van der Waals surface area contributed by atoms with Gasteiger partial charge in [0.1, 0.15) is 0 Å². The van der Waals surface area contributed by atoms with Crippen molar-refractivity contribution in [1.82, 2.24) is 10.3 Å². The third kappa shape index (κ3) is 4.65. The van der Waals surface area contributed by atoms with Gasteiger partial charge in [-0.05, 0) is 26.1 Å². The summed E-state index contributed by atoms with van der Waals surface area (Å²) in [4.78, 5) is 15.4. The van der Waals surface area contributed by atoms with Crippen LogP contribution in [-0.2, 0) is 4.79 Å². The van der Waals surface area contributed by atoms with Gasteiger partial charge < -0.3 is 4.90 Å². The molecule has 1 aromatic rings. The van der Waals surface area contributed by atoms with Crippen LogP contribution < -0.4 is 5.43 Å². The fourth-order valence-electron chi connectivity index (χ4n) is 1.97. The number of nitrogens with zero attached hydrogens (tertiary/aromatic N) is 2. The van der Waals surface area contributed by atoms with Gasteiger partial charge >= 0.3 is 0 Å². The van der Waals surface area contributed by atoms with Crippen LogP contribution in [-0.4, -0.2) is 41.9 Å². The highest BCUT2D eigenvalue weighted by Crippen LogP contribution is 2.22. The van der Waals surface area contributed by atoms with E-state index in [2.05, 4.69) is 22.5 Å². The minimum Gasteiger partial charge on any atom is -0.306 e. The van der Waals surface area contributed by atoms with Gasteiger partial charge in [-0.3, -0.25) is 4.79 Å². The first-order valence-corrected chi connectivity index (χ1v) is 7.78. The van der Waals surface area contributed by atoms with Crippen LogP contribution in [0.3, 0.4) is 0 Å². The summed E-state index contributed by atoms with van der Waals surface area (Å²) in [5, 5.41) is 4.11. The van der Waals surface area contributed by atoms with Crippen molar-refractivity contribution in [2.75, 3.05) is 20.1 Å². The highest BCUT2D eigenvalue weighted by atomic mass is 32.2. The lowest BCUT2D eigenvalue weighted by Gasteiger charge is -2.22. The predicted molar refractivity (Wildman–Crippen MR) is 84.1 cm³/mol. The number of hydrogen-bond acceptors (Lipinski definition) is 4. The van der Waals surface area contributed by atoms with Gasteiger partial charge in [0.25, 0.3) is 5.91 Å². The second-order valence-corrected chi connectivity index (χ2v) is 6.44. The normalized spacial score (nSPS) is 17.6. The Balaban J connectivity index is 1.81. The molecule has 2 rings (SSSR count). The van der Waals surface area contributed by atoms with Gasteiger partial charge in [0, 0.05) is 36.5 Å². The molecular weight excluding hydrogens is 270 g/mol. The van der Waals surface area contributed by atoms with Crippen LogP contribution >= 0.6 is 11.8 Å². The zero-order valence-electron chi connectivity index (χ0n) is 12.0. The molecule has 1 heterocycles. The number of rotatable bonds is 4. The minimum absolute atomic E-state index is 0.0368. The number of carbonyl (C=O) groups excluding carboxylic acids is 1. The molecule has 1 aliphatic heterocycles. The Morgan fingerprint density at radius 2 is 1.95 bits per heavy atom. The van der Waals surface area contributed by atoms with Crippen molar-refractivity contribution in [3.8, 4) is 0 Å². The first kappa shape index (κ1) is 15.1. The van der Waals surface area contributed by atoms with Crippen molar-refractivity contribution in [3.63, 3.8) is 0 Å². The zero-order chi connectivity index (χ0) is 14.4. The summed E-state index contributed by atoms with van der Waals surface area (Å²) >= 11 is 1.55. The van der Waals surface area contributed by atoms with Gasteiger partial charge in [-0.2, -0.15) is 5.10 Å². The summed E-state index contributed by atoms with van der Waals surface area (Å²) in [6.45, 7) is 3.94. The number of amides is 1. The number of piperidine rings is 1. The van der Waals surface area contributed by atoms with E-state index >= 15 is 0 Å². The van der Waals surface area contributed by atoms with Crippen LogP contribution in [0.25, 0.3) is 0 Å². The van der Waals surface area contributed by atoms with Crippen molar-refractivity contribution in [2.24, 2.45) is 5.10 Å². The number of hydrogen-bond donors (Lipinski definition) is 1. The van der Waals surface area contributed by atoms with Crippen molar-refractivity contribution in [3.05, 3.63) is 30.3 Å². The second-order valence-electron chi connectivity index (χ2n) is 5.03. The molecule has 1 atom stereocenters. The Morgan fingerprint density at radius 3 is 2.60 bits per heavy atom. The molecule has 0 aromatic heterocycles. The molecule has 0 unspecified atom stereocenters. The summed E-state index contributed by atoms with van der Waals surface area (Å²) < 4.78 is 0. The molecule has 0 aliphatic carbocycles. The first-order chi connectivity index (χ1) is 9.65. The summed E-state index contributed by atoms with van der Waals surface area (Å²) in [6.07, 6.45) is 1.88. The highest BCUT2D eigenvalue weighted by molar-refractivity contribution is 8.00. The van der Waals surface area contributed by atoms with Crippen LogP contribution in [0.2, 0.25) is 0 Å². The fourth-order valence-corrected chi connectivity index (χ4v) is 2.85. The van der Waals surface area contributed by atoms with Gasteiger partial charge in [-0.25, -0.2) is 5.43 Å². The summed E-state index contributed by atoms with van der Waals surface area (Å²) in [5.41, 5.74) is 3.79. The minimum atomic E-state index is -0.145. The molecule has 108 valence electrons. The van der Waals surface area contributed by atoms with Gasteiger partial charge in [-0.15, -0.1) is 11.8 Å². The predicted octanol–water partition coefficient (Wildman–Crippen LogP) is 2.37. The van der Waals surface area contributed by atoms with E-state index in [-0.39, 0.29) is 11.2 Å². The maximum atomic E-state index is 12.0. The number of thioether (sulfide) groups is 1. The number of benzene rings is 1. The Morgan fingerprint density at radius 1 is 1.30 bits per heavy atom. The number of hydrazone groups is 1. The van der Waals surface area contributed by atoms with E-state index in [0.717, 1.165) is 36.5 Å². The van der Waals surface area contributed by atoms with Gasteiger partial charge in [0.05, 0.1) is 5.25 Å². The molecule has 1 fully saturated rings. The Labute approximate surface area is 124 Å². The third-order valence-electron chi connectivity index (χ3n) is 3.31. The molecule has 4 nitrogen and oxygen atoms in total. The molecule has 20 heavy (non-hydrogen) atoms. The average Bonchev–Trinajstić information content (AvgIpc) is 2.47. The molecule has 1 aromatic carbocycles. The van der Waals surface area contributed by atoms with E-state index in [1.807, 2.05) is 37.3 Å².